The first-order chi connectivity index (χ1) is 8.58. The Kier molecular flexibility index (Phi) is 4.16. The molecule has 98 valence electrons. The molecule has 0 aliphatic carbocycles. The van der Waals surface area contributed by atoms with Gasteiger partial charge in [-0.2, -0.15) is 0 Å². The molecule has 6 heteroatoms. The van der Waals surface area contributed by atoms with Gasteiger partial charge in [-0.25, -0.2) is 4.39 Å². The number of nitrogens with two attached hydrogens (primary N) is 1. The average Bonchev–Trinajstić information content (AvgIpc) is 2.34. The normalized spacial score (nSPS) is 20.9. The van der Waals surface area contributed by atoms with Crippen molar-refractivity contribution in [2.75, 3.05) is 19.8 Å². The lowest BCUT2D eigenvalue weighted by molar-refractivity contribution is -0.129. The monoisotopic (exact) mass is 272 g/mol. The van der Waals surface area contributed by atoms with Crippen molar-refractivity contribution in [2.24, 2.45) is 5.73 Å². The summed E-state index contributed by atoms with van der Waals surface area (Å²) in [6.07, 6.45) is 0. The molecule has 1 atom stereocenters. The van der Waals surface area contributed by atoms with E-state index >= 15 is 0 Å². The minimum atomic E-state index is -0.450. The number of rotatable bonds is 3. The molecule has 0 aromatic heterocycles. The molecule has 1 aromatic carbocycles. The molecule has 1 heterocycles. The summed E-state index contributed by atoms with van der Waals surface area (Å²) < 4.78 is 18.3. The van der Waals surface area contributed by atoms with Crippen LogP contribution in [0.3, 0.4) is 0 Å². The molecule has 1 saturated heterocycles. The van der Waals surface area contributed by atoms with Crippen LogP contribution in [0.4, 0.5) is 4.39 Å². The van der Waals surface area contributed by atoms with Gasteiger partial charge in [-0.15, -0.1) is 0 Å². The van der Waals surface area contributed by atoms with Crippen molar-refractivity contribution in [1.29, 1.82) is 0 Å². The number of carbonyl (C=O) groups excluding carboxylic acids is 1. The Morgan fingerprint density at radius 2 is 2.39 bits per heavy atom. The largest absolute Gasteiger partial charge is 0.378 e. The fourth-order valence-electron chi connectivity index (χ4n) is 1.96. The van der Waals surface area contributed by atoms with E-state index in [0.717, 1.165) is 5.56 Å². The lowest BCUT2D eigenvalue weighted by Gasteiger charge is -2.33. The molecule has 1 fully saturated rings. The standard InChI is InChI=1S/C12H14ClFN2O2/c13-9-5-8(1-2-10(9)14)6-16-3-4-18-7-11(16)12(15)17/h1-2,5,11H,3-4,6-7H2,(H2,15,17)/t11-/m0/s1. The maximum absolute atomic E-state index is 13.0. The summed E-state index contributed by atoms with van der Waals surface area (Å²) in [5.41, 5.74) is 6.16. The number of nitrogens with zero attached hydrogens (tertiary/aromatic N) is 1. The molecular weight excluding hydrogens is 259 g/mol. The van der Waals surface area contributed by atoms with Crippen LogP contribution in [0.5, 0.6) is 0 Å². The highest BCUT2D eigenvalue weighted by molar-refractivity contribution is 6.30. The van der Waals surface area contributed by atoms with Gasteiger partial charge in [0.2, 0.25) is 5.91 Å². The van der Waals surface area contributed by atoms with E-state index < -0.39 is 17.8 Å². The maximum Gasteiger partial charge on any atom is 0.237 e. The number of benzene rings is 1. The second kappa shape index (κ2) is 5.65. The van der Waals surface area contributed by atoms with Gasteiger partial charge in [-0.05, 0) is 17.7 Å². The molecule has 1 aliphatic heterocycles. The Labute approximate surface area is 109 Å². The van der Waals surface area contributed by atoms with Crippen LogP contribution in [-0.4, -0.2) is 36.6 Å². The van der Waals surface area contributed by atoms with Crippen molar-refractivity contribution in [3.05, 3.63) is 34.6 Å². The van der Waals surface area contributed by atoms with Crippen LogP contribution in [-0.2, 0) is 16.1 Å². The summed E-state index contributed by atoms with van der Waals surface area (Å²) in [6, 6.07) is 4.08. The number of halogens is 2. The minimum Gasteiger partial charge on any atom is -0.378 e. The molecule has 18 heavy (non-hydrogen) atoms. The fourth-order valence-corrected chi connectivity index (χ4v) is 2.16. The van der Waals surface area contributed by atoms with Crippen LogP contribution in [0.15, 0.2) is 18.2 Å². The van der Waals surface area contributed by atoms with Crippen LogP contribution in [0.2, 0.25) is 5.02 Å². The van der Waals surface area contributed by atoms with Crippen molar-refractivity contribution in [1.82, 2.24) is 4.90 Å². The molecule has 0 bridgehead atoms. The number of hydrogen-bond donors (Lipinski definition) is 1. The third kappa shape index (κ3) is 2.98. The molecule has 0 unspecified atom stereocenters. The highest BCUT2D eigenvalue weighted by atomic mass is 35.5. The van der Waals surface area contributed by atoms with Crippen LogP contribution in [0, 0.1) is 5.82 Å². The Morgan fingerprint density at radius 1 is 1.61 bits per heavy atom. The van der Waals surface area contributed by atoms with Gasteiger partial charge >= 0.3 is 0 Å². The summed E-state index contributed by atoms with van der Waals surface area (Å²) in [6.45, 7) is 1.96. The van der Waals surface area contributed by atoms with Gasteiger partial charge in [0.05, 0.1) is 18.2 Å². The van der Waals surface area contributed by atoms with Gasteiger partial charge in [-0.1, -0.05) is 17.7 Å². The van der Waals surface area contributed by atoms with Crippen LogP contribution >= 0.6 is 11.6 Å². The Bertz CT molecular complexity index is 456. The number of hydrogen-bond acceptors (Lipinski definition) is 3. The van der Waals surface area contributed by atoms with E-state index in [4.69, 9.17) is 22.1 Å². The summed E-state index contributed by atoms with van der Waals surface area (Å²) in [5, 5.41) is 0.0800. The van der Waals surface area contributed by atoms with E-state index in [1.807, 2.05) is 4.90 Å². The lowest BCUT2D eigenvalue weighted by Crippen LogP contribution is -2.51. The van der Waals surface area contributed by atoms with Crippen LogP contribution in [0.1, 0.15) is 5.56 Å². The van der Waals surface area contributed by atoms with Gasteiger partial charge in [0.15, 0.2) is 0 Å². The highest BCUT2D eigenvalue weighted by Crippen LogP contribution is 2.19. The lowest BCUT2D eigenvalue weighted by atomic mass is 10.1. The molecule has 1 aliphatic rings. The SMILES string of the molecule is NC(=O)[C@@H]1COCCN1Cc1ccc(F)c(Cl)c1. The van der Waals surface area contributed by atoms with E-state index in [1.165, 1.54) is 6.07 Å². The Balaban J connectivity index is 2.10. The van der Waals surface area contributed by atoms with E-state index in [0.29, 0.717) is 26.3 Å². The molecular formula is C12H14ClFN2O2. The second-order valence-corrected chi connectivity index (χ2v) is 4.62. The van der Waals surface area contributed by atoms with Crippen molar-refractivity contribution in [3.63, 3.8) is 0 Å². The molecule has 1 amide bonds. The molecule has 0 saturated carbocycles. The van der Waals surface area contributed by atoms with Crippen molar-refractivity contribution < 1.29 is 13.9 Å². The maximum atomic E-state index is 13.0. The fraction of sp³-hybridized carbons (Fsp3) is 0.417. The van der Waals surface area contributed by atoms with Crippen LogP contribution in [0.25, 0.3) is 0 Å². The number of amides is 1. The quantitative estimate of drug-likeness (QED) is 0.899. The second-order valence-electron chi connectivity index (χ2n) is 4.21. The smallest absolute Gasteiger partial charge is 0.237 e. The van der Waals surface area contributed by atoms with Crippen molar-refractivity contribution in [3.8, 4) is 0 Å². The summed E-state index contributed by atoms with van der Waals surface area (Å²) >= 11 is 5.72. The number of ether oxygens (including phenoxy) is 1. The van der Waals surface area contributed by atoms with E-state index in [9.17, 15) is 9.18 Å². The van der Waals surface area contributed by atoms with Crippen molar-refractivity contribution in [2.45, 2.75) is 12.6 Å². The van der Waals surface area contributed by atoms with Gasteiger partial charge in [0.25, 0.3) is 0 Å². The first-order valence-corrected chi connectivity index (χ1v) is 6.01. The number of morpholine rings is 1. The predicted octanol–water partition coefficient (Wildman–Crippen LogP) is 1.17. The van der Waals surface area contributed by atoms with Gasteiger partial charge in [-0.3, -0.25) is 9.69 Å². The first kappa shape index (κ1) is 13.3. The van der Waals surface area contributed by atoms with Gasteiger partial charge in [0.1, 0.15) is 11.9 Å². The molecule has 1 aromatic rings. The van der Waals surface area contributed by atoms with Gasteiger partial charge in [0, 0.05) is 13.1 Å². The third-order valence-corrected chi connectivity index (χ3v) is 3.23. The topological polar surface area (TPSA) is 55.6 Å². The van der Waals surface area contributed by atoms with E-state index in [2.05, 4.69) is 0 Å². The van der Waals surface area contributed by atoms with Crippen LogP contribution < -0.4 is 5.73 Å². The molecule has 2 N–H and O–H groups in total. The number of primary amides is 1. The first-order valence-electron chi connectivity index (χ1n) is 5.63. The highest BCUT2D eigenvalue weighted by Gasteiger charge is 2.27. The molecule has 0 radical (unpaired) electrons. The Morgan fingerprint density at radius 3 is 3.06 bits per heavy atom. The molecule has 0 spiro atoms. The zero-order valence-corrected chi connectivity index (χ0v) is 10.5. The number of carbonyl (C=O) groups is 1. The summed E-state index contributed by atoms with van der Waals surface area (Å²) in [4.78, 5) is 13.2. The van der Waals surface area contributed by atoms with E-state index in [-0.39, 0.29) is 5.02 Å². The summed E-state index contributed by atoms with van der Waals surface area (Å²) in [7, 11) is 0. The zero-order valence-electron chi connectivity index (χ0n) is 9.73. The Hall–Kier alpha value is -1.17. The van der Waals surface area contributed by atoms with Crippen molar-refractivity contribution >= 4 is 17.5 Å². The molecule has 4 nitrogen and oxygen atoms in total. The zero-order chi connectivity index (χ0) is 13.1. The van der Waals surface area contributed by atoms with E-state index in [1.54, 1.807) is 12.1 Å². The average molecular weight is 273 g/mol. The molecule has 2 rings (SSSR count). The minimum absolute atomic E-state index is 0.0800. The third-order valence-electron chi connectivity index (χ3n) is 2.94. The summed E-state index contributed by atoms with van der Waals surface area (Å²) in [5.74, 6) is -0.864. The van der Waals surface area contributed by atoms with Gasteiger partial charge < -0.3 is 10.5 Å². The predicted molar refractivity (Wildman–Crippen MR) is 65.6 cm³/mol.